The van der Waals surface area contributed by atoms with Crippen LogP contribution in [0.15, 0.2) is 18.3 Å². The molecule has 0 saturated heterocycles. The second-order valence-corrected chi connectivity index (χ2v) is 5.08. The van der Waals surface area contributed by atoms with Crippen molar-refractivity contribution >= 4 is 29.0 Å². The van der Waals surface area contributed by atoms with Gasteiger partial charge in [0, 0.05) is 18.0 Å². The van der Waals surface area contributed by atoms with E-state index in [2.05, 4.69) is 10.3 Å². The third-order valence-corrected chi connectivity index (χ3v) is 3.73. The average Bonchev–Trinajstić information content (AvgIpc) is 2.37. The van der Waals surface area contributed by atoms with E-state index in [0.29, 0.717) is 17.6 Å². The van der Waals surface area contributed by atoms with Crippen LogP contribution in [0.4, 0.5) is 5.82 Å². The van der Waals surface area contributed by atoms with Gasteiger partial charge in [-0.05, 0) is 32.4 Å². The molecule has 1 aromatic rings. The van der Waals surface area contributed by atoms with Gasteiger partial charge in [0.05, 0.1) is 11.6 Å². The molecule has 0 aromatic carbocycles. The molecule has 1 N–H and O–H groups in total. The molecule has 0 aliphatic heterocycles. The Hall–Kier alpha value is -0.670. The molecule has 0 radical (unpaired) electrons. The third kappa shape index (κ3) is 3.92. The number of nitrogens with one attached hydrogen (secondary N) is 1. The Morgan fingerprint density at radius 2 is 2.06 bits per heavy atom. The van der Waals surface area contributed by atoms with E-state index in [1.54, 1.807) is 6.20 Å². The summed E-state index contributed by atoms with van der Waals surface area (Å²) in [6.45, 7) is 6.00. The van der Waals surface area contributed by atoms with Crippen LogP contribution < -0.4 is 10.1 Å². The van der Waals surface area contributed by atoms with Crippen molar-refractivity contribution in [2.45, 2.75) is 38.8 Å². The maximum atomic E-state index is 6.02. The van der Waals surface area contributed by atoms with E-state index in [0.717, 1.165) is 12.2 Å². The van der Waals surface area contributed by atoms with Crippen LogP contribution in [0.3, 0.4) is 0 Å². The monoisotopic (exact) mass is 290 g/mol. The maximum Gasteiger partial charge on any atom is 0.169 e. The SMILES string of the molecule is CCC(CCl)(CCl)Nc1ncccc1OC(C)C. The quantitative estimate of drug-likeness (QED) is 0.773. The first-order valence-corrected chi connectivity index (χ1v) is 7.15. The van der Waals surface area contributed by atoms with Crippen molar-refractivity contribution in [2.75, 3.05) is 17.1 Å². The molecule has 0 saturated carbocycles. The second kappa shape index (κ2) is 7.05. The van der Waals surface area contributed by atoms with Crippen molar-refractivity contribution in [3.05, 3.63) is 18.3 Å². The summed E-state index contributed by atoms with van der Waals surface area (Å²) in [5, 5.41) is 3.32. The number of halogens is 2. The Morgan fingerprint density at radius 1 is 1.39 bits per heavy atom. The number of pyridine rings is 1. The van der Waals surface area contributed by atoms with Gasteiger partial charge in [0.15, 0.2) is 11.6 Å². The highest BCUT2D eigenvalue weighted by Gasteiger charge is 2.27. The predicted molar refractivity (Wildman–Crippen MR) is 78.1 cm³/mol. The van der Waals surface area contributed by atoms with Crippen molar-refractivity contribution in [3.8, 4) is 5.75 Å². The highest BCUT2D eigenvalue weighted by atomic mass is 35.5. The molecule has 1 heterocycles. The van der Waals surface area contributed by atoms with Crippen LogP contribution >= 0.6 is 23.2 Å². The second-order valence-electron chi connectivity index (χ2n) is 4.54. The van der Waals surface area contributed by atoms with Crippen molar-refractivity contribution in [2.24, 2.45) is 0 Å². The van der Waals surface area contributed by atoms with E-state index >= 15 is 0 Å². The van der Waals surface area contributed by atoms with E-state index in [1.165, 1.54) is 0 Å². The van der Waals surface area contributed by atoms with E-state index in [-0.39, 0.29) is 11.6 Å². The minimum absolute atomic E-state index is 0.0952. The Bertz CT molecular complexity index is 359. The number of anilines is 1. The largest absolute Gasteiger partial charge is 0.487 e. The van der Waals surface area contributed by atoms with Crippen molar-refractivity contribution in [3.63, 3.8) is 0 Å². The fraction of sp³-hybridized carbons (Fsp3) is 0.615. The molecule has 18 heavy (non-hydrogen) atoms. The number of hydrogen-bond donors (Lipinski definition) is 1. The fourth-order valence-corrected chi connectivity index (χ4v) is 2.26. The van der Waals surface area contributed by atoms with Gasteiger partial charge < -0.3 is 10.1 Å². The molecular formula is C13H20Cl2N2O. The lowest BCUT2D eigenvalue weighted by Crippen LogP contribution is -2.42. The zero-order chi connectivity index (χ0) is 13.6. The molecule has 5 heteroatoms. The van der Waals surface area contributed by atoms with Gasteiger partial charge >= 0.3 is 0 Å². The molecule has 3 nitrogen and oxygen atoms in total. The summed E-state index contributed by atoms with van der Waals surface area (Å²) in [6, 6.07) is 3.73. The Morgan fingerprint density at radius 3 is 2.56 bits per heavy atom. The lowest BCUT2D eigenvalue weighted by atomic mass is 10.0. The molecule has 0 aliphatic carbocycles. The van der Waals surface area contributed by atoms with Crippen molar-refractivity contribution in [1.29, 1.82) is 0 Å². The molecule has 0 aliphatic rings. The summed E-state index contributed by atoms with van der Waals surface area (Å²) < 4.78 is 5.71. The van der Waals surface area contributed by atoms with Gasteiger partial charge in [0.2, 0.25) is 0 Å². The van der Waals surface area contributed by atoms with E-state index in [1.807, 2.05) is 32.9 Å². The predicted octanol–water partition coefficient (Wildman–Crippen LogP) is 3.91. The molecule has 1 rings (SSSR count). The molecule has 0 fully saturated rings. The normalized spacial score (nSPS) is 11.7. The summed E-state index contributed by atoms with van der Waals surface area (Å²) in [5.74, 6) is 2.25. The van der Waals surface area contributed by atoms with Gasteiger partial charge in [-0.1, -0.05) is 6.92 Å². The first kappa shape index (κ1) is 15.4. The summed E-state index contributed by atoms with van der Waals surface area (Å²) in [7, 11) is 0. The Kier molecular flexibility index (Phi) is 6.03. The zero-order valence-electron chi connectivity index (χ0n) is 11.0. The lowest BCUT2D eigenvalue weighted by Gasteiger charge is -2.31. The fourth-order valence-electron chi connectivity index (χ4n) is 1.46. The van der Waals surface area contributed by atoms with Crippen LogP contribution in [0.2, 0.25) is 0 Å². The number of alkyl halides is 2. The van der Waals surface area contributed by atoms with Crippen LogP contribution in [0, 0.1) is 0 Å². The molecule has 1 aromatic heterocycles. The lowest BCUT2D eigenvalue weighted by molar-refractivity contribution is 0.242. The van der Waals surface area contributed by atoms with Gasteiger partial charge in [0.1, 0.15) is 0 Å². The molecule has 0 bridgehead atoms. The number of ether oxygens (including phenoxy) is 1. The zero-order valence-corrected chi connectivity index (χ0v) is 12.6. The van der Waals surface area contributed by atoms with Gasteiger partial charge in [-0.2, -0.15) is 0 Å². The molecule has 102 valence electrons. The third-order valence-electron chi connectivity index (χ3n) is 2.71. The van der Waals surface area contributed by atoms with Crippen molar-refractivity contribution in [1.82, 2.24) is 4.98 Å². The first-order chi connectivity index (χ1) is 8.56. The smallest absolute Gasteiger partial charge is 0.169 e. The first-order valence-electron chi connectivity index (χ1n) is 6.08. The van der Waals surface area contributed by atoms with Gasteiger partial charge in [-0.15, -0.1) is 23.2 Å². The van der Waals surface area contributed by atoms with E-state index < -0.39 is 0 Å². The topological polar surface area (TPSA) is 34.2 Å². The minimum Gasteiger partial charge on any atom is -0.487 e. The van der Waals surface area contributed by atoms with Crippen LogP contribution in [0.5, 0.6) is 5.75 Å². The van der Waals surface area contributed by atoms with Crippen LogP contribution in [-0.4, -0.2) is 28.4 Å². The summed E-state index contributed by atoms with van der Waals surface area (Å²) in [5.41, 5.74) is -0.355. The van der Waals surface area contributed by atoms with Gasteiger partial charge in [-0.3, -0.25) is 0 Å². The molecular weight excluding hydrogens is 271 g/mol. The van der Waals surface area contributed by atoms with Crippen LogP contribution in [0.1, 0.15) is 27.2 Å². The van der Waals surface area contributed by atoms with Crippen molar-refractivity contribution < 1.29 is 4.74 Å². The highest BCUT2D eigenvalue weighted by Crippen LogP contribution is 2.28. The molecule has 0 atom stereocenters. The van der Waals surface area contributed by atoms with Crippen LogP contribution in [-0.2, 0) is 0 Å². The standard InChI is InChI=1S/C13H20Cl2N2O/c1-4-13(8-14,9-15)17-12-11(18-10(2)3)6-5-7-16-12/h5-7,10H,4,8-9H2,1-3H3,(H,16,17). The number of rotatable bonds is 7. The molecule has 0 spiro atoms. The molecule has 0 unspecified atom stereocenters. The number of aromatic nitrogens is 1. The van der Waals surface area contributed by atoms with E-state index in [4.69, 9.17) is 27.9 Å². The maximum absolute atomic E-state index is 6.02. The average molecular weight is 291 g/mol. The van der Waals surface area contributed by atoms with Gasteiger partial charge in [-0.25, -0.2) is 4.98 Å². The van der Waals surface area contributed by atoms with Gasteiger partial charge in [0.25, 0.3) is 0 Å². The summed E-state index contributed by atoms with van der Waals surface area (Å²) in [6.07, 6.45) is 2.63. The summed E-state index contributed by atoms with van der Waals surface area (Å²) in [4.78, 5) is 4.31. The minimum atomic E-state index is -0.355. The Labute approximate surface area is 119 Å². The van der Waals surface area contributed by atoms with E-state index in [9.17, 15) is 0 Å². The number of hydrogen-bond acceptors (Lipinski definition) is 3. The number of nitrogens with zero attached hydrogens (tertiary/aromatic N) is 1. The molecule has 0 amide bonds. The van der Waals surface area contributed by atoms with Crippen LogP contribution in [0.25, 0.3) is 0 Å². The summed E-state index contributed by atoms with van der Waals surface area (Å²) >= 11 is 12.0. The highest BCUT2D eigenvalue weighted by molar-refractivity contribution is 6.22. The Balaban J connectivity index is 2.95.